The molecule has 2 nitrogen and oxygen atoms in total. The zero-order valence-electron chi connectivity index (χ0n) is 13.0. The molecule has 1 saturated heterocycles. The highest BCUT2D eigenvalue weighted by Gasteiger charge is 2.34. The van der Waals surface area contributed by atoms with Crippen LogP contribution in [-0.4, -0.2) is 23.5 Å². The van der Waals surface area contributed by atoms with Crippen LogP contribution in [-0.2, 0) is 0 Å². The van der Waals surface area contributed by atoms with E-state index < -0.39 is 0 Å². The van der Waals surface area contributed by atoms with Crippen LogP contribution in [0.15, 0.2) is 18.2 Å². The number of hydrogen-bond donors (Lipinski definition) is 1. The molecule has 2 rings (SSSR count). The van der Waals surface area contributed by atoms with Gasteiger partial charge in [0, 0.05) is 11.6 Å². The van der Waals surface area contributed by atoms with Crippen LogP contribution in [0.3, 0.4) is 0 Å². The van der Waals surface area contributed by atoms with E-state index in [0.717, 1.165) is 24.2 Å². The van der Waals surface area contributed by atoms with Crippen molar-refractivity contribution in [1.82, 2.24) is 4.90 Å². The maximum atomic E-state index is 13.3. The van der Waals surface area contributed by atoms with Gasteiger partial charge in [0.25, 0.3) is 0 Å². The first kappa shape index (κ1) is 15.5. The molecule has 112 valence electrons. The fraction of sp³-hybridized carbons (Fsp3) is 0.647. The number of benzene rings is 1. The van der Waals surface area contributed by atoms with E-state index in [1.807, 2.05) is 13.0 Å². The molecule has 1 aromatic rings. The summed E-state index contributed by atoms with van der Waals surface area (Å²) >= 11 is 0. The summed E-state index contributed by atoms with van der Waals surface area (Å²) in [6.07, 6.45) is 5.13. The van der Waals surface area contributed by atoms with Gasteiger partial charge in [0.05, 0.1) is 0 Å². The fourth-order valence-corrected chi connectivity index (χ4v) is 3.21. The normalized spacial score (nSPS) is 19.6. The molecule has 0 amide bonds. The second-order valence-electron chi connectivity index (χ2n) is 6.53. The quantitative estimate of drug-likeness (QED) is 0.911. The van der Waals surface area contributed by atoms with E-state index in [4.69, 9.17) is 5.73 Å². The minimum atomic E-state index is -0.189. The molecule has 1 aliphatic rings. The maximum Gasteiger partial charge on any atom is 0.123 e. The second kappa shape index (κ2) is 6.23. The molecule has 3 heteroatoms. The molecule has 1 fully saturated rings. The lowest BCUT2D eigenvalue weighted by atomic mass is 9.85. The molecule has 0 aromatic heterocycles. The zero-order valence-corrected chi connectivity index (χ0v) is 13.0. The number of likely N-dealkylation sites (tertiary alicyclic amines) is 1. The van der Waals surface area contributed by atoms with Crippen molar-refractivity contribution in [1.29, 1.82) is 0 Å². The summed E-state index contributed by atoms with van der Waals surface area (Å²) in [4.78, 5) is 2.51. The Balaban J connectivity index is 2.22. The largest absolute Gasteiger partial charge is 0.322 e. The van der Waals surface area contributed by atoms with Crippen molar-refractivity contribution in [2.45, 2.75) is 58.0 Å². The molecule has 1 unspecified atom stereocenters. The van der Waals surface area contributed by atoms with Crippen molar-refractivity contribution in [3.8, 4) is 0 Å². The Kier molecular flexibility index (Phi) is 4.82. The topological polar surface area (TPSA) is 29.3 Å². The average molecular weight is 278 g/mol. The second-order valence-corrected chi connectivity index (χ2v) is 6.53. The summed E-state index contributed by atoms with van der Waals surface area (Å²) in [5.74, 6) is -0.189. The maximum absolute atomic E-state index is 13.3. The van der Waals surface area contributed by atoms with E-state index in [9.17, 15) is 4.39 Å². The summed E-state index contributed by atoms with van der Waals surface area (Å²) in [6, 6.07) is 4.84. The smallest absolute Gasteiger partial charge is 0.123 e. The van der Waals surface area contributed by atoms with Gasteiger partial charge in [-0.25, -0.2) is 4.39 Å². The van der Waals surface area contributed by atoms with Crippen LogP contribution in [0.5, 0.6) is 0 Å². The van der Waals surface area contributed by atoms with Crippen LogP contribution in [0.4, 0.5) is 4.39 Å². The number of halogens is 1. The summed E-state index contributed by atoms with van der Waals surface area (Å²) in [7, 11) is 0. The molecule has 0 saturated carbocycles. The molecule has 1 heterocycles. The van der Waals surface area contributed by atoms with Gasteiger partial charge in [0.2, 0.25) is 0 Å². The highest BCUT2D eigenvalue weighted by atomic mass is 19.1. The standard InChI is InChI=1S/C17H27FN2/c1-13-12-14(18)8-9-15(13)16(19)17(2,3)20-10-6-4-5-7-11-20/h8-9,12,16H,4-7,10-11,19H2,1-3H3. The third-order valence-electron chi connectivity index (χ3n) is 4.75. The molecule has 0 aliphatic carbocycles. The number of hydrogen-bond acceptors (Lipinski definition) is 2. The van der Waals surface area contributed by atoms with E-state index in [-0.39, 0.29) is 17.4 Å². The van der Waals surface area contributed by atoms with Gasteiger partial charge < -0.3 is 5.73 Å². The molecule has 0 spiro atoms. The van der Waals surface area contributed by atoms with Gasteiger partial charge >= 0.3 is 0 Å². The Morgan fingerprint density at radius 1 is 1.15 bits per heavy atom. The molecule has 2 N–H and O–H groups in total. The summed E-state index contributed by atoms with van der Waals surface area (Å²) in [5.41, 5.74) is 8.44. The van der Waals surface area contributed by atoms with E-state index in [0.29, 0.717) is 0 Å². The summed E-state index contributed by atoms with van der Waals surface area (Å²) < 4.78 is 13.3. The van der Waals surface area contributed by atoms with Crippen molar-refractivity contribution in [3.05, 3.63) is 35.1 Å². The Bertz CT molecular complexity index is 448. The van der Waals surface area contributed by atoms with Gasteiger partial charge in [-0.15, -0.1) is 0 Å². The van der Waals surface area contributed by atoms with Crippen molar-refractivity contribution in [3.63, 3.8) is 0 Å². The first-order valence-corrected chi connectivity index (χ1v) is 7.69. The molecule has 0 bridgehead atoms. The lowest BCUT2D eigenvalue weighted by Gasteiger charge is -2.43. The zero-order chi connectivity index (χ0) is 14.8. The van der Waals surface area contributed by atoms with E-state index in [2.05, 4.69) is 18.7 Å². The van der Waals surface area contributed by atoms with Crippen LogP contribution in [0.1, 0.15) is 56.7 Å². The molecular weight excluding hydrogens is 251 g/mol. The molecule has 0 radical (unpaired) electrons. The Morgan fingerprint density at radius 3 is 2.30 bits per heavy atom. The van der Waals surface area contributed by atoms with Gasteiger partial charge in [-0.2, -0.15) is 0 Å². The first-order valence-electron chi connectivity index (χ1n) is 7.69. The van der Waals surface area contributed by atoms with Crippen LogP contribution in [0.2, 0.25) is 0 Å². The van der Waals surface area contributed by atoms with Crippen molar-refractivity contribution in [2.75, 3.05) is 13.1 Å². The Morgan fingerprint density at radius 2 is 1.75 bits per heavy atom. The lowest BCUT2D eigenvalue weighted by molar-refractivity contribution is 0.0978. The van der Waals surface area contributed by atoms with Crippen molar-refractivity contribution < 1.29 is 4.39 Å². The van der Waals surface area contributed by atoms with Crippen LogP contribution in [0.25, 0.3) is 0 Å². The van der Waals surface area contributed by atoms with Gasteiger partial charge in [0.1, 0.15) is 5.82 Å². The fourth-order valence-electron chi connectivity index (χ4n) is 3.21. The van der Waals surface area contributed by atoms with Crippen LogP contribution < -0.4 is 5.73 Å². The third kappa shape index (κ3) is 3.21. The molecule has 1 aliphatic heterocycles. The first-order chi connectivity index (χ1) is 9.43. The predicted octanol–water partition coefficient (Wildman–Crippen LogP) is 3.79. The average Bonchev–Trinajstić information content (AvgIpc) is 2.67. The minimum Gasteiger partial charge on any atom is -0.322 e. The lowest BCUT2D eigenvalue weighted by Crippen LogP contribution is -2.51. The number of aryl methyl sites for hydroxylation is 1. The highest BCUT2D eigenvalue weighted by molar-refractivity contribution is 5.31. The summed E-state index contributed by atoms with van der Waals surface area (Å²) in [6.45, 7) is 8.59. The van der Waals surface area contributed by atoms with E-state index in [1.54, 1.807) is 6.07 Å². The van der Waals surface area contributed by atoms with Crippen molar-refractivity contribution >= 4 is 0 Å². The molecule has 1 aromatic carbocycles. The van der Waals surface area contributed by atoms with Crippen molar-refractivity contribution in [2.24, 2.45) is 5.73 Å². The number of rotatable bonds is 3. The highest BCUT2D eigenvalue weighted by Crippen LogP contribution is 2.32. The van der Waals surface area contributed by atoms with E-state index >= 15 is 0 Å². The molecule has 1 atom stereocenters. The monoisotopic (exact) mass is 278 g/mol. The van der Waals surface area contributed by atoms with Gasteiger partial charge in [-0.1, -0.05) is 18.9 Å². The molecular formula is C17H27FN2. The number of nitrogens with two attached hydrogens (primary N) is 1. The van der Waals surface area contributed by atoms with Crippen LogP contribution in [0, 0.1) is 12.7 Å². The number of nitrogens with zero attached hydrogens (tertiary/aromatic N) is 1. The Hall–Kier alpha value is -0.930. The van der Waals surface area contributed by atoms with Gasteiger partial charge in [-0.05, 0) is 70.0 Å². The van der Waals surface area contributed by atoms with E-state index in [1.165, 1.54) is 31.7 Å². The predicted molar refractivity (Wildman–Crippen MR) is 82.2 cm³/mol. The third-order valence-corrected chi connectivity index (χ3v) is 4.75. The summed E-state index contributed by atoms with van der Waals surface area (Å²) in [5, 5.41) is 0. The van der Waals surface area contributed by atoms with Gasteiger partial charge in [0.15, 0.2) is 0 Å². The van der Waals surface area contributed by atoms with Gasteiger partial charge in [-0.3, -0.25) is 4.90 Å². The minimum absolute atomic E-state index is 0.0961. The molecule has 20 heavy (non-hydrogen) atoms. The Labute approximate surface area is 122 Å². The SMILES string of the molecule is Cc1cc(F)ccc1C(N)C(C)(C)N1CCCCCC1. The van der Waals surface area contributed by atoms with Crippen LogP contribution >= 0.6 is 0 Å².